The second kappa shape index (κ2) is 4.39. The molecule has 0 radical (unpaired) electrons. The van der Waals surface area contributed by atoms with E-state index in [0.717, 1.165) is 0 Å². The van der Waals surface area contributed by atoms with Crippen molar-refractivity contribution in [1.29, 1.82) is 0 Å². The number of hydrogen-bond donors (Lipinski definition) is 0. The Balaban J connectivity index is 2.42. The molecule has 1 aromatic heterocycles. The van der Waals surface area contributed by atoms with E-state index in [2.05, 4.69) is 20.9 Å². The lowest BCUT2D eigenvalue weighted by Gasteiger charge is -2.02. The van der Waals surface area contributed by atoms with Gasteiger partial charge in [-0.25, -0.2) is 4.98 Å². The van der Waals surface area contributed by atoms with E-state index < -0.39 is 0 Å². The molecule has 5 heteroatoms. The van der Waals surface area contributed by atoms with E-state index >= 15 is 0 Å². The molecule has 0 bridgehead atoms. The first-order valence-electron chi connectivity index (χ1n) is 4.56. The van der Waals surface area contributed by atoms with Crippen LogP contribution in [0.4, 0.5) is 0 Å². The number of benzene rings is 1. The van der Waals surface area contributed by atoms with Gasteiger partial charge in [-0.15, -0.1) is 0 Å². The van der Waals surface area contributed by atoms with Gasteiger partial charge in [-0.05, 0) is 34.1 Å². The lowest BCUT2D eigenvalue weighted by molar-refractivity contribution is 0.102. The van der Waals surface area contributed by atoms with Crippen LogP contribution in [-0.2, 0) is 7.05 Å². The summed E-state index contributed by atoms with van der Waals surface area (Å²) in [7, 11) is 1.78. The molecule has 0 aliphatic rings. The fraction of sp³-hybridized carbons (Fsp3) is 0.0909. The summed E-state index contributed by atoms with van der Waals surface area (Å²) in [5.74, 6) is 0.291. The van der Waals surface area contributed by atoms with Crippen molar-refractivity contribution in [1.82, 2.24) is 9.55 Å². The molecule has 0 fully saturated rings. The van der Waals surface area contributed by atoms with Crippen molar-refractivity contribution in [3.63, 3.8) is 0 Å². The van der Waals surface area contributed by atoms with Crippen molar-refractivity contribution in [2.75, 3.05) is 0 Å². The Bertz CT molecular complexity index is 551. The number of rotatable bonds is 2. The van der Waals surface area contributed by atoms with E-state index in [1.165, 1.54) is 0 Å². The third-order valence-corrected chi connectivity index (χ3v) is 3.42. The number of aromatic nitrogens is 2. The number of aryl methyl sites for hydroxylation is 1. The number of carbonyl (C=O) groups excluding carboxylic acids is 1. The smallest absolute Gasteiger partial charge is 0.228 e. The van der Waals surface area contributed by atoms with Crippen LogP contribution >= 0.6 is 27.5 Å². The van der Waals surface area contributed by atoms with Gasteiger partial charge in [0.05, 0.1) is 5.02 Å². The first kappa shape index (κ1) is 11.4. The third kappa shape index (κ3) is 2.03. The van der Waals surface area contributed by atoms with E-state index in [0.29, 0.717) is 20.9 Å². The fourth-order valence-corrected chi connectivity index (χ4v) is 1.85. The molecule has 2 rings (SSSR count). The summed E-state index contributed by atoms with van der Waals surface area (Å²) in [6, 6.07) is 5.06. The summed E-state index contributed by atoms with van der Waals surface area (Å²) in [5, 5.41) is 0.580. The Morgan fingerprint density at radius 2 is 2.25 bits per heavy atom. The zero-order chi connectivity index (χ0) is 11.7. The molecule has 0 saturated heterocycles. The highest BCUT2D eigenvalue weighted by Gasteiger charge is 2.14. The van der Waals surface area contributed by atoms with Crippen molar-refractivity contribution >= 4 is 33.3 Å². The summed E-state index contributed by atoms with van der Waals surface area (Å²) >= 11 is 9.15. The minimum absolute atomic E-state index is 0.120. The van der Waals surface area contributed by atoms with Crippen molar-refractivity contribution < 1.29 is 4.79 Å². The van der Waals surface area contributed by atoms with Crippen LogP contribution in [0.25, 0.3) is 0 Å². The molecule has 0 unspecified atom stereocenters. The molecule has 0 N–H and O–H groups in total. The van der Waals surface area contributed by atoms with Crippen molar-refractivity contribution in [2.45, 2.75) is 0 Å². The molecule has 1 heterocycles. The average Bonchev–Trinajstić information content (AvgIpc) is 2.67. The second-order valence-electron chi connectivity index (χ2n) is 3.32. The highest BCUT2D eigenvalue weighted by atomic mass is 79.9. The average molecular weight is 300 g/mol. The Morgan fingerprint density at radius 3 is 2.81 bits per heavy atom. The van der Waals surface area contributed by atoms with Crippen molar-refractivity contribution in [3.8, 4) is 0 Å². The fourth-order valence-electron chi connectivity index (χ4n) is 1.35. The van der Waals surface area contributed by atoms with Gasteiger partial charge in [-0.2, -0.15) is 0 Å². The molecular formula is C11H8BrClN2O. The zero-order valence-corrected chi connectivity index (χ0v) is 10.8. The topological polar surface area (TPSA) is 34.9 Å². The molecule has 2 aromatic rings. The zero-order valence-electron chi connectivity index (χ0n) is 8.45. The first-order valence-corrected chi connectivity index (χ1v) is 5.74. The van der Waals surface area contributed by atoms with Crippen LogP contribution in [0.1, 0.15) is 16.2 Å². The predicted molar refractivity (Wildman–Crippen MR) is 65.8 cm³/mol. The number of halogens is 2. The SMILES string of the molecule is Cn1ccnc1C(=O)c1ccc(Cl)c(Br)c1. The van der Waals surface area contributed by atoms with E-state index in [1.807, 2.05) is 0 Å². The minimum Gasteiger partial charge on any atom is -0.331 e. The molecule has 1 aromatic carbocycles. The molecule has 0 saturated carbocycles. The number of carbonyl (C=O) groups is 1. The molecular weight excluding hydrogens is 291 g/mol. The van der Waals surface area contributed by atoms with Gasteiger partial charge in [0, 0.05) is 29.5 Å². The molecule has 0 amide bonds. The van der Waals surface area contributed by atoms with Gasteiger partial charge in [0.25, 0.3) is 0 Å². The maximum Gasteiger partial charge on any atom is 0.228 e. The van der Waals surface area contributed by atoms with Gasteiger partial charge in [-0.1, -0.05) is 11.6 Å². The molecule has 82 valence electrons. The highest BCUT2D eigenvalue weighted by Crippen LogP contribution is 2.24. The lowest BCUT2D eigenvalue weighted by Crippen LogP contribution is -2.08. The molecule has 0 aliphatic heterocycles. The Labute approximate surface area is 106 Å². The molecule has 0 atom stereocenters. The van der Waals surface area contributed by atoms with Gasteiger partial charge < -0.3 is 4.57 Å². The van der Waals surface area contributed by atoms with Gasteiger partial charge >= 0.3 is 0 Å². The number of ketones is 1. The standard InChI is InChI=1S/C11H8BrClN2O/c1-15-5-4-14-11(15)10(16)7-2-3-9(13)8(12)6-7/h2-6H,1H3. The quantitative estimate of drug-likeness (QED) is 0.799. The van der Waals surface area contributed by atoms with Gasteiger partial charge in [0.2, 0.25) is 5.78 Å². The molecule has 3 nitrogen and oxygen atoms in total. The van der Waals surface area contributed by atoms with Crippen LogP contribution < -0.4 is 0 Å². The predicted octanol–water partition coefficient (Wildman–Crippen LogP) is 3.07. The summed E-state index contributed by atoms with van der Waals surface area (Å²) < 4.78 is 2.39. The van der Waals surface area contributed by atoms with Crippen LogP contribution in [0.5, 0.6) is 0 Å². The largest absolute Gasteiger partial charge is 0.331 e. The maximum absolute atomic E-state index is 12.0. The Hall–Kier alpha value is -1.13. The Kier molecular flexibility index (Phi) is 3.12. The van der Waals surface area contributed by atoms with Crippen LogP contribution in [0.3, 0.4) is 0 Å². The van der Waals surface area contributed by atoms with E-state index in [9.17, 15) is 4.79 Å². The monoisotopic (exact) mass is 298 g/mol. The summed E-state index contributed by atoms with van der Waals surface area (Å²) in [5.41, 5.74) is 0.561. The first-order chi connectivity index (χ1) is 7.59. The van der Waals surface area contributed by atoms with Crippen LogP contribution in [0.2, 0.25) is 5.02 Å². The highest BCUT2D eigenvalue weighted by molar-refractivity contribution is 9.10. The van der Waals surface area contributed by atoms with Crippen molar-refractivity contribution in [3.05, 3.63) is 51.5 Å². The third-order valence-electron chi connectivity index (χ3n) is 2.21. The van der Waals surface area contributed by atoms with Gasteiger partial charge in [0.15, 0.2) is 5.82 Å². The van der Waals surface area contributed by atoms with Gasteiger partial charge in [-0.3, -0.25) is 4.79 Å². The lowest BCUT2D eigenvalue weighted by atomic mass is 10.1. The summed E-state index contributed by atoms with van der Waals surface area (Å²) in [6.45, 7) is 0. The minimum atomic E-state index is -0.120. The van der Waals surface area contributed by atoms with E-state index in [1.54, 1.807) is 42.2 Å². The van der Waals surface area contributed by atoms with E-state index in [4.69, 9.17) is 11.6 Å². The van der Waals surface area contributed by atoms with E-state index in [-0.39, 0.29) is 5.78 Å². The number of nitrogens with zero attached hydrogens (tertiary/aromatic N) is 2. The second-order valence-corrected chi connectivity index (χ2v) is 4.58. The molecule has 0 spiro atoms. The normalized spacial score (nSPS) is 10.4. The van der Waals surface area contributed by atoms with Gasteiger partial charge in [0.1, 0.15) is 0 Å². The van der Waals surface area contributed by atoms with Crippen LogP contribution in [0.15, 0.2) is 35.1 Å². The maximum atomic E-state index is 12.0. The summed E-state index contributed by atoms with van der Waals surface area (Å²) in [4.78, 5) is 16.1. The van der Waals surface area contributed by atoms with Crippen LogP contribution in [-0.4, -0.2) is 15.3 Å². The number of hydrogen-bond acceptors (Lipinski definition) is 2. The Morgan fingerprint density at radius 1 is 1.50 bits per heavy atom. The van der Waals surface area contributed by atoms with Crippen LogP contribution in [0, 0.1) is 0 Å². The number of imidazole rings is 1. The molecule has 16 heavy (non-hydrogen) atoms. The van der Waals surface area contributed by atoms with Crippen molar-refractivity contribution in [2.24, 2.45) is 7.05 Å². The summed E-state index contributed by atoms with van der Waals surface area (Å²) in [6.07, 6.45) is 3.33. The molecule has 0 aliphatic carbocycles.